The van der Waals surface area contributed by atoms with Crippen molar-refractivity contribution in [3.05, 3.63) is 54.2 Å². The second-order valence-corrected chi connectivity index (χ2v) is 5.25. The molecule has 0 saturated carbocycles. The lowest BCUT2D eigenvalue weighted by molar-refractivity contribution is -0.386. The third-order valence-corrected chi connectivity index (χ3v) is 3.45. The number of nitro groups is 1. The van der Waals surface area contributed by atoms with Gasteiger partial charge in [-0.2, -0.15) is 0 Å². The van der Waals surface area contributed by atoms with Gasteiger partial charge in [0, 0.05) is 23.7 Å². The summed E-state index contributed by atoms with van der Waals surface area (Å²) in [4.78, 5) is 27.7. The third-order valence-electron chi connectivity index (χ3n) is 3.25. The van der Waals surface area contributed by atoms with E-state index in [0.29, 0.717) is 16.8 Å². The molecule has 3 N–H and O–H groups in total. The van der Waals surface area contributed by atoms with Crippen LogP contribution in [0.5, 0.6) is 11.5 Å². The van der Waals surface area contributed by atoms with Gasteiger partial charge in [-0.25, -0.2) is 0 Å². The van der Waals surface area contributed by atoms with Gasteiger partial charge in [0.2, 0.25) is 5.75 Å². The molecule has 122 valence electrons. The smallest absolute Gasteiger partial charge is 0.314 e. The van der Waals surface area contributed by atoms with Gasteiger partial charge in [0.25, 0.3) is 5.56 Å². The van der Waals surface area contributed by atoms with Crippen molar-refractivity contribution in [3.63, 3.8) is 0 Å². The summed E-state index contributed by atoms with van der Waals surface area (Å²) >= 11 is 4.89. The first-order valence-corrected chi connectivity index (χ1v) is 7.19. The molecule has 1 aromatic heterocycles. The standard InChI is InChI=1S/C14H15N3O5S/c1-3-22-11-6-8(5-10(12(11)18)17(20)21)4-9-7(2)15-14(23)16-13(9)19/h5-6,18H,3-4H2,1-2H3,(H2,15,16,19,23). The lowest BCUT2D eigenvalue weighted by atomic mass is 10.0. The lowest BCUT2D eigenvalue weighted by Gasteiger charge is -2.10. The average Bonchev–Trinajstić information content (AvgIpc) is 2.45. The van der Waals surface area contributed by atoms with E-state index < -0.39 is 16.4 Å². The van der Waals surface area contributed by atoms with Crippen LogP contribution < -0.4 is 10.3 Å². The van der Waals surface area contributed by atoms with E-state index in [1.807, 2.05) is 0 Å². The molecule has 0 amide bonds. The number of aryl methyl sites for hydroxylation is 1. The van der Waals surface area contributed by atoms with Gasteiger partial charge in [-0.15, -0.1) is 0 Å². The minimum absolute atomic E-state index is 0.00894. The fourth-order valence-corrected chi connectivity index (χ4v) is 2.44. The largest absolute Gasteiger partial charge is 0.500 e. The Morgan fingerprint density at radius 2 is 2.09 bits per heavy atom. The van der Waals surface area contributed by atoms with Crippen molar-refractivity contribution in [1.29, 1.82) is 0 Å². The van der Waals surface area contributed by atoms with Gasteiger partial charge in [0.05, 0.1) is 11.5 Å². The van der Waals surface area contributed by atoms with E-state index in [-0.39, 0.29) is 29.1 Å². The number of nitrogens with zero attached hydrogens (tertiary/aromatic N) is 1. The summed E-state index contributed by atoms with van der Waals surface area (Å²) in [7, 11) is 0. The molecule has 0 aliphatic rings. The topological polar surface area (TPSA) is 121 Å². The number of phenolic OH excluding ortho intramolecular Hbond substituents is 1. The number of aromatic amines is 2. The number of hydrogen-bond acceptors (Lipinski definition) is 6. The number of H-pyrrole nitrogens is 2. The van der Waals surface area contributed by atoms with Crippen LogP contribution in [0.15, 0.2) is 16.9 Å². The minimum atomic E-state index is -0.698. The fourth-order valence-electron chi connectivity index (χ4n) is 2.20. The van der Waals surface area contributed by atoms with Gasteiger partial charge in [0.1, 0.15) is 0 Å². The molecule has 1 heterocycles. The first-order valence-electron chi connectivity index (χ1n) is 6.78. The van der Waals surface area contributed by atoms with Gasteiger partial charge in [-0.1, -0.05) is 0 Å². The zero-order valence-corrected chi connectivity index (χ0v) is 13.3. The molecule has 0 saturated heterocycles. The summed E-state index contributed by atoms with van der Waals surface area (Å²) in [6, 6.07) is 2.70. The average molecular weight is 337 g/mol. The van der Waals surface area contributed by atoms with Crippen molar-refractivity contribution in [2.24, 2.45) is 0 Å². The molecule has 8 nitrogen and oxygen atoms in total. The van der Waals surface area contributed by atoms with Crippen LogP contribution in [0.25, 0.3) is 0 Å². The molecule has 0 fully saturated rings. The van der Waals surface area contributed by atoms with Crippen molar-refractivity contribution in [2.75, 3.05) is 6.61 Å². The monoisotopic (exact) mass is 337 g/mol. The highest BCUT2D eigenvalue weighted by molar-refractivity contribution is 7.71. The van der Waals surface area contributed by atoms with Crippen LogP contribution in [-0.4, -0.2) is 26.6 Å². The maximum absolute atomic E-state index is 12.0. The highest BCUT2D eigenvalue weighted by Gasteiger charge is 2.21. The summed E-state index contributed by atoms with van der Waals surface area (Å²) in [5.74, 6) is -0.520. The molecule has 0 bridgehead atoms. The number of phenols is 1. The molecule has 9 heteroatoms. The maximum Gasteiger partial charge on any atom is 0.314 e. The number of nitrogens with one attached hydrogen (secondary N) is 2. The fraction of sp³-hybridized carbons (Fsp3) is 0.286. The van der Waals surface area contributed by atoms with Gasteiger partial charge in [-0.05, 0) is 37.7 Å². The Balaban J connectivity index is 2.54. The number of aromatic nitrogens is 2. The van der Waals surface area contributed by atoms with Crippen LogP contribution in [0.2, 0.25) is 0 Å². The van der Waals surface area contributed by atoms with Crippen LogP contribution in [0, 0.1) is 21.8 Å². The molecule has 0 aliphatic heterocycles. The van der Waals surface area contributed by atoms with E-state index in [9.17, 15) is 20.0 Å². The molecule has 2 aromatic rings. The summed E-state index contributed by atoms with van der Waals surface area (Å²) < 4.78 is 5.43. The van der Waals surface area contributed by atoms with Crippen LogP contribution >= 0.6 is 12.2 Å². The number of ether oxygens (including phenoxy) is 1. The Hall–Kier alpha value is -2.68. The van der Waals surface area contributed by atoms with E-state index in [1.54, 1.807) is 13.8 Å². The second-order valence-electron chi connectivity index (χ2n) is 4.84. The summed E-state index contributed by atoms with van der Waals surface area (Å²) in [6.45, 7) is 3.63. The molecule has 1 aromatic carbocycles. The molecular weight excluding hydrogens is 322 g/mol. The Morgan fingerprint density at radius 3 is 2.65 bits per heavy atom. The van der Waals surface area contributed by atoms with Crippen LogP contribution in [0.3, 0.4) is 0 Å². The number of aromatic hydroxyl groups is 1. The Bertz CT molecular complexity index is 872. The van der Waals surface area contributed by atoms with Crippen LogP contribution in [-0.2, 0) is 6.42 Å². The summed E-state index contributed by atoms with van der Waals surface area (Å²) in [5, 5.41) is 20.9. The molecule has 0 aliphatic carbocycles. The van der Waals surface area contributed by atoms with Crippen LogP contribution in [0.4, 0.5) is 5.69 Å². The summed E-state index contributed by atoms with van der Waals surface area (Å²) in [5.41, 5.74) is 0.620. The Kier molecular flexibility index (Phi) is 4.80. The minimum Gasteiger partial charge on any atom is -0.500 e. The van der Waals surface area contributed by atoms with Crippen molar-refractivity contribution in [2.45, 2.75) is 20.3 Å². The highest BCUT2D eigenvalue weighted by Crippen LogP contribution is 2.37. The van der Waals surface area contributed by atoms with Gasteiger partial charge < -0.3 is 14.8 Å². The number of rotatable bonds is 5. The van der Waals surface area contributed by atoms with Crippen molar-refractivity contribution >= 4 is 17.9 Å². The number of hydrogen-bond donors (Lipinski definition) is 3. The second kappa shape index (κ2) is 6.61. The summed E-state index contributed by atoms with van der Waals surface area (Å²) in [6.07, 6.45) is 0.133. The molecule has 2 rings (SSSR count). The van der Waals surface area contributed by atoms with E-state index >= 15 is 0 Å². The molecule has 0 spiro atoms. The van der Waals surface area contributed by atoms with Crippen molar-refractivity contribution in [3.8, 4) is 11.5 Å². The number of nitro benzene ring substituents is 1. The molecule has 0 unspecified atom stereocenters. The lowest BCUT2D eigenvalue weighted by Crippen LogP contribution is -2.16. The van der Waals surface area contributed by atoms with E-state index in [2.05, 4.69) is 9.97 Å². The normalized spacial score (nSPS) is 10.5. The zero-order valence-electron chi connectivity index (χ0n) is 12.5. The molecule has 23 heavy (non-hydrogen) atoms. The molecule has 0 radical (unpaired) electrons. The Labute approximate surface area is 135 Å². The van der Waals surface area contributed by atoms with Crippen molar-refractivity contribution in [1.82, 2.24) is 9.97 Å². The number of benzene rings is 1. The van der Waals surface area contributed by atoms with E-state index in [1.165, 1.54) is 12.1 Å². The predicted molar refractivity (Wildman–Crippen MR) is 85.7 cm³/mol. The Morgan fingerprint density at radius 1 is 1.39 bits per heavy atom. The quantitative estimate of drug-likeness (QED) is 0.437. The zero-order chi connectivity index (χ0) is 17.1. The van der Waals surface area contributed by atoms with E-state index in [0.717, 1.165) is 0 Å². The van der Waals surface area contributed by atoms with E-state index in [4.69, 9.17) is 17.0 Å². The molecular formula is C14H15N3O5S. The molecule has 0 atom stereocenters. The maximum atomic E-state index is 12.0. The first kappa shape index (κ1) is 16.7. The van der Waals surface area contributed by atoms with Gasteiger partial charge in [0.15, 0.2) is 10.5 Å². The van der Waals surface area contributed by atoms with Gasteiger partial charge in [-0.3, -0.25) is 19.9 Å². The van der Waals surface area contributed by atoms with Crippen molar-refractivity contribution < 1.29 is 14.8 Å². The highest BCUT2D eigenvalue weighted by atomic mass is 32.1. The van der Waals surface area contributed by atoms with Crippen LogP contribution in [0.1, 0.15) is 23.7 Å². The third kappa shape index (κ3) is 3.57. The van der Waals surface area contributed by atoms with Gasteiger partial charge >= 0.3 is 5.69 Å². The first-order chi connectivity index (χ1) is 10.8. The predicted octanol–water partition coefficient (Wildman–Crippen LogP) is 2.34. The SMILES string of the molecule is CCOc1cc(Cc2c(C)[nH]c(=S)[nH]c2=O)cc([N+](=O)[O-])c1O.